The van der Waals surface area contributed by atoms with Gasteiger partial charge in [0.25, 0.3) is 5.91 Å². The molecule has 1 N–H and O–H groups in total. The number of hydrogen-bond donors (Lipinski definition) is 1. The zero-order chi connectivity index (χ0) is 18.5. The van der Waals surface area contributed by atoms with Crippen LogP contribution in [0.5, 0.6) is 5.75 Å². The topological polar surface area (TPSA) is 55.4 Å². The first-order valence-electron chi connectivity index (χ1n) is 8.54. The molecular weight excluding hydrogens is 370 g/mol. The zero-order valence-corrected chi connectivity index (χ0v) is 16.0. The van der Waals surface area contributed by atoms with Gasteiger partial charge >= 0.3 is 0 Å². The molecule has 1 aliphatic heterocycles. The Balaban J connectivity index is 1.57. The summed E-state index contributed by atoms with van der Waals surface area (Å²) in [6.07, 6.45) is 1.32. The lowest BCUT2D eigenvalue weighted by Gasteiger charge is -2.26. The van der Waals surface area contributed by atoms with E-state index in [0.717, 1.165) is 22.6 Å². The Morgan fingerprint density at radius 3 is 2.73 bits per heavy atom. The Bertz CT molecular complexity index is 807. The number of benzene rings is 2. The maximum Gasteiger partial charge on any atom is 0.258 e. The number of Topliss-reactive ketones (excluding diaryl/α,β-unsaturated/α-hetero) is 1. The quantitative estimate of drug-likeness (QED) is 0.730. The minimum Gasteiger partial charge on any atom is -0.484 e. The van der Waals surface area contributed by atoms with Crippen molar-refractivity contribution in [2.45, 2.75) is 30.7 Å². The maximum atomic E-state index is 12.3. The Morgan fingerprint density at radius 2 is 2.00 bits per heavy atom. The zero-order valence-electron chi connectivity index (χ0n) is 14.5. The number of ether oxygens (including phenoxy) is 1. The Morgan fingerprint density at radius 1 is 1.23 bits per heavy atom. The average molecular weight is 390 g/mol. The Hall–Kier alpha value is -1.98. The third-order valence-corrected chi connectivity index (χ3v) is 5.57. The molecule has 0 aromatic heterocycles. The highest BCUT2D eigenvalue weighted by Gasteiger charge is 2.22. The van der Waals surface area contributed by atoms with E-state index in [1.807, 2.05) is 25.1 Å². The fourth-order valence-electron chi connectivity index (χ4n) is 2.84. The summed E-state index contributed by atoms with van der Waals surface area (Å²) < 4.78 is 5.53. The first-order valence-corrected chi connectivity index (χ1v) is 9.91. The maximum absolute atomic E-state index is 12.3. The van der Waals surface area contributed by atoms with Crippen LogP contribution in [-0.4, -0.2) is 24.1 Å². The molecule has 1 amide bonds. The van der Waals surface area contributed by atoms with Gasteiger partial charge in [0, 0.05) is 27.7 Å². The van der Waals surface area contributed by atoms with Gasteiger partial charge in [0.05, 0.1) is 6.04 Å². The second-order valence-corrected chi connectivity index (χ2v) is 7.60. The third-order valence-electron chi connectivity index (χ3n) is 4.21. The number of thioether (sulfide) groups is 1. The van der Waals surface area contributed by atoms with Gasteiger partial charge < -0.3 is 10.1 Å². The summed E-state index contributed by atoms with van der Waals surface area (Å²) in [5.41, 5.74) is 1.71. The number of carbonyl (C=O) groups excluding carboxylic acids is 2. The van der Waals surface area contributed by atoms with Gasteiger partial charge in [-0.15, -0.1) is 11.8 Å². The molecule has 0 spiro atoms. The predicted molar refractivity (Wildman–Crippen MR) is 104 cm³/mol. The minimum atomic E-state index is -0.179. The van der Waals surface area contributed by atoms with Crippen molar-refractivity contribution in [1.29, 1.82) is 0 Å². The van der Waals surface area contributed by atoms with Gasteiger partial charge in [-0.2, -0.15) is 0 Å². The fraction of sp³-hybridized carbons (Fsp3) is 0.300. The van der Waals surface area contributed by atoms with Crippen LogP contribution < -0.4 is 10.1 Å². The Labute approximate surface area is 162 Å². The summed E-state index contributed by atoms with van der Waals surface area (Å²) in [5, 5.41) is 3.69. The molecule has 6 heteroatoms. The number of amides is 1. The molecule has 2 aromatic carbocycles. The summed E-state index contributed by atoms with van der Waals surface area (Å²) in [5.74, 6) is 1.42. The fourth-order valence-corrected chi connectivity index (χ4v) is 4.13. The van der Waals surface area contributed by atoms with Gasteiger partial charge in [0.1, 0.15) is 5.75 Å². The summed E-state index contributed by atoms with van der Waals surface area (Å²) in [7, 11) is 0. The molecule has 3 rings (SSSR count). The van der Waals surface area contributed by atoms with Crippen LogP contribution in [0.15, 0.2) is 47.4 Å². The van der Waals surface area contributed by atoms with Gasteiger partial charge in [-0.05, 0) is 54.4 Å². The van der Waals surface area contributed by atoms with Gasteiger partial charge in [-0.1, -0.05) is 18.5 Å². The van der Waals surface area contributed by atoms with Crippen molar-refractivity contribution in [1.82, 2.24) is 5.32 Å². The molecule has 0 saturated heterocycles. The number of hydrogen-bond acceptors (Lipinski definition) is 4. The lowest BCUT2D eigenvalue weighted by Crippen LogP contribution is -2.34. The number of rotatable bonds is 6. The summed E-state index contributed by atoms with van der Waals surface area (Å²) in [6.45, 7) is 1.76. The normalized spacial score (nSPS) is 15.8. The van der Waals surface area contributed by atoms with E-state index in [-0.39, 0.29) is 24.3 Å². The van der Waals surface area contributed by atoms with E-state index in [4.69, 9.17) is 16.3 Å². The van der Waals surface area contributed by atoms with Crippen molar-refractivity contribution in [3.8, 4) is 5.75 Å². The van der Waals surface area contributed by atoms with Gasteiger partial charge in [-0.3, -0.25) is 9.59 Å². The van der Waals surface area contributed by atoms with E-state index >= 15 is 0 Å². The van der Waals surface area contributed by atoms with E-state index in [2.05, 4.69) is 5.32 Å². The molecule has 136 valence electrons. The predicted octanol–water partition coefficient (Wildman–Crippen LogP) is 4.66. The van der Waals surface area contributed by atoms with Crippen molar-refractivity contribution in [3.05, 3.63) is 58.6 Å². The summed E-state index contributed by atoms with van der Waals surface area (Å²) >= 11 is 7.87. The first kappa shape index (κ1) is 18.8. The number of nitrogens with one attached hydrogen (secondary N) is 1. The minimum absolute atomic E-state index is 0.0504. The Kier molecular flexibility index (Phi) is 6.22. The van der Waals surface area contributed by atoms with Crippen molar-refractivity contribution in [2.24, 2.45) is 0 Å². The van der Waals surface area contributed by atoms with Crippen LogP contribution in [0, 0.1) is 0 Å². The van der Waals surface area contributed by atoms with Crippen LogP contribution in [0.2, 0.25) is 5.02 Å². The van der Waals surface area contributed by atoms with Gasteiger partial charge in [0.2, 0.25) is 0 Å². The molecule has 1 atom stereocenters. The van der Waals surface area contributed by atoms with E-state index in [9.17, 15) is 9.59 Å². The van der Waals surface area contributed by atoms with Crippen LogP contribution in [0.4, 0.5) is 0 Å². The number of carbonyl (C=O) groups is 2. The molecule has 1 aliphatic rings. The molecule has 0 unspecified atom stereocenters. The lowest BCUT2D eigenvalue weighted by molar-refractivity contribution is -0.123. The molecular formula is C20H20ClNO3S. The number of fused-ring (bicyclic) bond motifs is 1. The van der Waals surface area contributed by atoms with Crippen LogP contribution >= 0.6 is 23.4 Å². The largest absolute Gasteiger partial charge is 0.484 e. The molecule has 26 heavy (non-hydrogen) atoms. The average Bonchev–Trinajstić information content (AvgIpc) is 2.66. The van der Waals surface area contributed by atoms with Crippen LogP contribution in [0.3, 0.4) is 0 Å². The molecule has 0 bridgehead atoms. The first-order chi connectivity index (χ1) is 12.6. The second-order valence-electron chi connectivity index (χ2n) is 6.03. The van der Waals surface area contributed by atoms with E-state index < -0.39 is 0 Å². The highest BCUT2D eigenvalue weighted by molar-refractivity contribution is 7.99. The monoisotopic (exact) mass is 389 g/mol. The van der Waals surface area contributed by atoms with Crippen molar-refractivity contribution < 1.29 is 14.3 Å². The molecule has 0 aliphatic carbocycles. The highest BCUT2D eigenvalue weighted by atomic mass is 35.5. The number of halogens is 1. The van der Waals surface area contributed by atoms with Crippen molar-refractivity contribution >= 4 is 35.1 Å². The molecule has 0 saturated carbocycles. The lowest BCUT2D eigenvalue weighted by atomic mass is 10.0. The van der Waals surface area contributed by atoms with Crippen molar-refractivity contribution in [3.63, 3.8) is 0 Å². The van der Waals surface area contributed by atoms with Crippen molar-refractivity contribution in [2.75, 3.05) is 12.4 Å². The second kappa shape index (κ2) is 8.60. The van der Waals surface area contributed by atoms with E-state index in [1.165, 1.54) is 0 Å². The highest BCUT2D eigenvalue weighted by Crippen LogP contribution is 2.37. The molecule has 4 nitrogen and oxygen atoms in total. The van der Waals surface area contributed by atoms with Gasteiger partial charge in [-0.25, -0.2) is 0 Å². The summed E-state index contributed by atoms with van der Waals surface area (Å²) in [4.78, 5) is 25.0. The van der Waals surface area contributed by atoms with Crippen LogP contribution in [0.1, 0.15) is 41.7 Å². The smallest absolute Gasteiger partial charge is 0.258 e. The van der Waals surface area contributed by atoms with Crippen LogP contribution in [0.25, 0.3) is 0 Å². The van der Waals surface area contributed by atoms with E-state index in [1.54, 1.807) is 36.0 Å². The summed E-state index contributed by atoms with van der Waals surface area (Å²) in [6, 6.07) is 12.6. The molecule has 2 aromatic rings. The molecule has 1 heterocycles. The third kappa shape index (κ3) is 4.59. The van der Waals surface area contributed by atoms with E-state index in [0.29, 0.717) is 22.8 Å². The standard InChI is InChI=1S/C20H20ClNO3S/c1-2-18(23)13-3-6-15(7-4-13)25-12-20(24)22-17-9-10-26-19-8-5-14(21)11-16(17)19/h3-8,11,17H,2,9-10,12H2,1H3,(H,22,24)/t17-/m0/s1. The van der Waals surface area contributed by atoms with Gasteiger partial charge in [0.15, 0.2) is 12.4 Å². The molecule has 0 fully saturated rings. The SMILES string of the molecule is CCC(=O)c1ccc(OCC(=O)N[C@H]2CCSc3ccc(Cl)cc32)cc1. The molecule has 0 radical (unpaired) electrons. The number of ketones is 1. The van der Waals surface area contributed by atoms with Crippen LogP contribution in [-0.2, 0) is 4.79 Å².